The van der Waals surface area contributed by atoms with Crippen molar-refractivity contribution in [1.82, 2.24) is 10.6 Å². The van der Waals surface area contributed by atoms with Crippen LogP contribution in [-0.2, 0) is 4.79 Å². The lowest BCUT2D eigenvalue weighted by Crippen LogP contribution is -2.31. The maximum Gasteiger partial charge on any atom is 0.224 e. The number of carbonyl (C=O) groups excluding carboxylic acids is 2. The maximum atomic E-state index is 12.2. The Bertz CT molecular complexity index is 431. The second kappa shape index (κ2) is 5.78. The molecule has 1 aliphatic rings. The Morgan fingerprint density at radius 3 is 2.72 bits per heavy atom. The molecule has 18 heavy (non-hydrogen) atoms. The maximum absolute atomic E-state index is 12.2. The molecule has 1 fully saturated rings. The molecule has 1 aromatic rings. The Morgan fingerprint density at radius 2 is 2.06 bits per heavy atom. The molecule has 1 amide bonds. The van der Waals surface area contributed by atoms with Crippen molar-refractivity contribution in [2.24, 2.45) is 5.92 Å². The zero-order valence-electron chi connectivity index (χ0n) is 10.5. The zero-order valence-corrected chi connectivity index (χ0v) is 10.5. The summed E-state index contributed by atoms with van der Waals surface area (Å²) in [6, 6.07) is 8.97. The van der Waals surface area contributed by atoms with Crippen LogP contribution in [0.2, 0.25) is 0 Å². The quantitative estimate of drug-likeness (QED) is 0.779. The highest BCUT2D eigenvalue weighted by Gasteiger charge is 2.33. The van der Waals surface area contributed by atoms with Gasteiger partial charge in [-0.3, -0.25) is 9.59 Å². The molecule has 4 nitrogen and oxygen atoms in total. The van der Waals surface area contributed by atoms with E-state index >= 15 is 0 Å². The highest BCUT2D eigenvalue weighted by Crippen LogP contribution is 2.17. The Kier molecular flexibility index (Phi) is 4.10. The van der Waals surface area contributed by atoms with Crippen molar-refractivity contribution < 1.29 is 9.59 Å². The molecule has 1 saturated heterocycles. The van der Waals surface area contributed by atoms with E-state index in [1.54, 1.807) is 0 Å². The standard InChI is InChI=1S/C14H18N2O2/c1-2-15-14(18)11-8-12(16-9-11)13(17)10-6-4-3-5-7-10/h3-7,11-12,16H,2,8-9H2,1H3,(H,15,18). The molecule has 1 aliphatic heterocycles. The molecule has 0 spiro atoms. The molecule has 0 aromatic heterocycles. The van der Waals surface area contributed by atoms with Crippen LogP contribution in [0.25, 0.3) is 0 Å². The van der Waals surface area contributed by atoms with E-state index in [-0.39, 0.29) is 23.7 Å². The van der Waals surface area contributed by atoms with E-state index < -0.39 is 0 Å². The van der Waals surface area contributed by atoms with Crippen LogP contribution in [0.4, 0.5) is 0 Å². The van der Waals surface area contributed by atoms with Gasteiger partial charge in [-0.2, -0.15) is 0 Å². The first-order chi connectivity index (χ1) is 8.72. The van der Waals surface area contributed by atoms with Crippen LogP contribution < -0.4 is 10.6 Å². The van der Waals surface area contributed by atoms with Gasteiger partial charge in [0, 0.05) is 18.7 Å². The van der Waals surface area contributed by atoms with Gasteiger partial charge in [0.25, 0.3) is 0 Å². The predicted molar refractivity (Wildman–Crippen MR) is 69.4 cm³/mol. The monoisotopic (exact) mass is 246 g/mol. The zero-order chi connectivity index (χ0) is 13.0. The summed E-state index contributed by atoms with van der Waals surface area (Å²) in [5, 5.41) is 5.93. The average molecular weight is 246 g/mol. The minimum atomic E-state index is -0.236. The molecular formula is C14H18N2O2. The van der Waals surface area contributed by atoms with Crippen molar-refractivity contribution >= 4 is 11.7 Å². The summed E-state index contributed by atoms with van der Waals surface area (Å²) in [7, 11) is 0. The molecule has 96 valence electrons. The Hall–Kier alpha value is -1.68. The first-order valence-corrected chi connectivity index (χ1v) is 6.32. The number of rotatable bonds is 4. The lowest BCUT2D eigenvalue weighted by atomic mass is 9.98. The van der Waals surface area contributed by atoms with E-state index in [1.807, 2.05) is 37.3 Å². The van der Waals surface area contributed by atoms with Gasteiger partial charge in [-0.05, 0) is 13.3 Å². The Labute approximate surface area is 107 Å². The summed E-state index contributed by atoms with van der Waals surface area (Å²) in [6.45, 7) is 3.11. The van der Waals surface area contributed by atoms with E-state index in [0.717, 1.165) is 0 Å². The fraction of sp³-hybridized carbons (Fsp3) is 0.429. The molecular weight excluding hydrogens is 228 g/mol. The first-order valence-electron chi connectivity index (χ1n) is 6.32. The van der Waals surface area contributed by atoms with Crippen LogP contribution in [0.3, 0.4) is 0 Å². The van der Waals surface area contributed by atoms with Crippen molar-refractivity contribution in [3.8, 4) is 0 Å². The van der Waals surface area contributed by atoms with E-state index in [1.165, 1.54) is 0 Å². The summed E-state index contributed by atoms with van der Waals surface area (Å²) < 4.78 is 0. The number of benzene rings is 1. The van der Waals surface area contributed by atoms with Crippen LogP contribution in [0.5, 0.6) is 0 Å². The van der Waals surface area contributed by atoms with Gasteiger partial charge in [0.2, 0.25) is 5.91 Å². The molecule has 2 unspecified atom stereocenters. The van der Waals surface area contributed by atoms with Crippen molar-refractivity contribution in [1.29, 1.82) is 0 Å². The molecule has 1 heterocycles. The molecule has 2 atom stereocenters. The first kappa shape index (κ1) is 12.8. The minimum absolute atomic E-state index is 0.0355. The van der Waals surface area contributed by atoms with Gasteiger partial charge in [0.1, 0.15) is 0 Å². The summed E-state index contributed by atoms with van der Waals surface area (Å²) in [5.41, 5.74) is 0.701. The number of Topliss-reactive ketones (excluding diaryl/α,β-unsaturated/α-hetero) is 1. The highest BCUT2D eigenvalue weighted by molar-refractivity contribution is 6.00. The molecule has 0 radical (unpaired) electrons. The van der Waals surface area contributed by atoms with Gasteiger partial charge >= 0.3 is 0 Å². The van der Waals surface area contributed by atoms with Gasteiger partial charge in [0.05, 0.1) is 12.0 Å². The third-order valence-corrected chi connectivity index (χ3v) is 3.23. The van der Waals surface area contributed by atoms with Crippen LogP contribution >= 0.6 is 0 Å². The normalized spacial score (nSPS) is 22.7. The number of amides is 1. The third kappa shape index (κ3) is 2.76. The SMILES string of the molecule is CCNC(=O)C1CNC(C(=O)c2ccccc2)C1. The minimum Gasteiger partial charge on any atom is -0.356 e. The topological polar surface area (TPSA) is 58.2 Å². The Balaban J connectivity index is 1.97. The summed E-state index contributed by atoms with van der Waals surface area (Å²) in [4.78, 5) is 23.9. The largest absolute Gasteiger partial charge is 0.356 e. The van der Waals surface area contributed by atoms with Gasteiger partial charge in [0.15, 0.2) is 5.78 Å². The number of nitrogens with one attached hydrogen (secondary N) is 2. The smallest absolute Gasteiger partial charge is 0.224 e. The van der Waals surface area contributed by atoms with E-state index in [4.69, 9.17) is 0 Å². The second-order valence-corrected chi connectivity index (χ2v) is 4.52. The van der Waals surface area contributed by atoms with E-state index in [0.29, 0.717) is 25.1 Å². The fourth-order valence-corrected chi connectivity index (χ4v) is 2.26. The summed E-state index contributed by atoms with van der Waals surface area (Å²) in [5.74, 6) is 0.0124. The Morgan fingerprint density at radius 1 is 1.33 bits per heavy atom. The third-order valence-electron chi connectivity index (χ3n) is 3.23. The lowest BCUT2D eigenvalue weighted by Gasteiger charge is -2.09. The summed E-state index contributed by atoms with van der Waals surface area (Å²) >= 11 is 0. The van der Waals surface area contributed by atoms with Crippen LogP contribution in [-0.4, -0.2) is 30.8 Å². The van der Waals surface area contributed by atoms with Crippen LogP contribution in [0.15, 0.2) is 30.3 Å². The van der Waals surface area contributed by atoms with Crippen molar-refractivity contribution in [2.45, 2.75) is 19.4 Å². The van der Waals surface area contributed by atoms with Gasteiger partial charge in [-0.1, -0.05) is 30.3 Å². The number of hydrogen-bond acceptors (Lipinski definition) is 3. The number of ketones is 1. The molecule has 1 aromatic carbocycles. The number of carbonyl (C=O) groups is 2. The molecule has 2 rings (SSSR count). The lowest BCUT2D eigenvalue weighted by molar-refractivity contribution is -0.124. The van der Waals surface area contributed by atoms with Gasteiger partial charge < -0.3 is 10.6 Å². The van der Waals surface area contributed by atoms with Crippen LogP contribution in [0, 0.1) is 5.92 Å². The van der Waals surface area contributed by atoms with Crippen LogP contribution in [0.1, 0.15) is 23.7 Å². The highest BCUT2D eigenvalue weighted by atomic mass is 16.2. The number of hydrogen-bond donors (Lipinski definition) is 2. The van der Waals surface area contributed by atoms with Crippen molar-refractivity contribution in [3.05, 3.63) is 35.9 Å². The average Bonchev–Trinajstić information content (AvgIpc) is 2.89. The molecule has 0 aliphatic carbocycles. The second-order valence-electron chi connectivity index (χ2n) is 4.52. The van der Waals surface area contributed by atoms with E-state index in [2.05, 4.69) is 10.6 Å². The molecule has 0 bridgehead atoms. The van der Waals surface area contributed by atoms with Gasteiger partial charge in [-0.15, -0.1) is 0 Å². The molecule has 2 N–H and O–H groups in total. The molecule has 4 heteroatoms. The van der Waals surface area contributed by atoms with Crippen molar-refractivity contribution in [2.75, 3.05) is 13.1 Å². The fourth-order valence-electron chi connectivity index (χ4n) is 2.26. The predicted octanol–water partition coefficient (Wildman–Crippen LogP) is 0.983. The van der Waals surface area contributed by atoms with Gasteiger partial charge in [-0.25, -0.2) is 0 Å². The molecule has 0 saturated carbocycles. The van der Waals surface area contributed by atoms with E-state index in [9.17, 15) is 9.59 Å². The van der Waals surface area contributed by atoms with Crippen molar-refractivity contribution in [3.63, 3.8) is 0 Å². The summed E-state index contributed by atoms with van der Waals surface area (Å²) in [6.07, 6.45) is 0.583.